The quantitative estimate of drug-likeness (QED) is 0.614. The molecule has 1 rings (SSSR count). The zero-order valence-corrected chi connectivity index (χ0v) is 9.23. The highest BCUT2D eigenvalue weighted by molar-refractivity contribution is 5.01. The molecule has 1 saturated carbocycles. The molecule has 2 heteroatoms. The van der Waals surface area contributed by atoms with E-state index in [0.29, 0.717) is 5.41 Å². The fourth-order valence-electron chi connectivity index (χ4n) is 1.47. The Hall–Kier alpha value is -0.0800. The van der Waals surface area contributed by atoms with Crippen molar-refractivity contribution in [3.8, 4) is 0 Å². The van der Waals surface area contributed by atoms with Gasteiger partial charge in [-0.3, -0.25) is 0 Å². The first-order chi connectivity index (χ1) is 6.17. The van der Waals surface area contributed by atoms with Crippen LogP contribution < -0.4 is 5.32 Å². The van der Waals surface area contributed by atoms with Crippen LogP contribution in [0.2, 0.25) is 0 Å². The maximum Gasteiger partial charge on any atom is 0.0591 e. The van der Waals surface area contributed by atoms with Gasteiger partial charge in [0.2, 0.25) is 0 Å². The standard InChI is InChI=1S/C11H23NO/c1-4-5-7-13-8-6-12-10-9-11(10,2)3/h10,12H,4-9H2,1-3H3. The van der Waals surface area contributed by atoms with E-state index in [4.69, 9.17) is 4.74 Å². The van der Waals surface area contributed by atoms with Crippen LogP contribution in [0.3, 0.4) is 0 Å². The number of hydrogen-bond acceptors (Lipinski definition) is 2. The number of unbranched alkanes of at least 4 members (excludes halogenated alkanes) is 1. The normalized spacial score (nSPS) is 24.7. The molecule has 2 nitrogen and oxygen atoms in total. The summed E-state index contributed by atoms with van der Waals surface area (Å²) in [5.41, 5.74) is 0.545. The first-order valence-electron chi connectivity index (χ1n) is 5.48. The molecule has 0 aromatic rings. The molecule has 0 radical (unpaired) electrons. The average molecular weight is 185 g/mol. The van der Waals surface area contributed by atoms with Crippen LogP contribution in [-0.4, -0.2) is 25.8 Å². The van der Waals surface area contributed by atoms with Gasteiger partial charge in [0, 0.05) is 19.2 Å². The Balaban J connectivity index is 1.80. The lowest BCUT2D eigenvalue weighted by Gasteiger charge is -2.06. The lowest BCUT2D eigenvalue weighted by Crippen LogP contribution is -2.25. The highest BCUT2D eigenvalue weighted by atomic mass is 16.5. The molecule has 0 aliphatic heterocycles. The van der Waals surface area contributed by atoms with Crippen molar-refractivity contribution in [1.82, 2.24) is 5.32 Å². The zero-order valence-electron chi connectivity index (χ0n) is 9.23. The average Bonchev–Trinajstić information content (AvgIpc) is 2.67. The van der Waals surface area contributed by atoms with Crippen LogP contribution in [0, 0.1) is 5.41 Å². The smallest absolute Gasteiger partial charge is 0.0591 e. The van der Waals surface area contributed by atoms with Crippen LogP contribution in [0.4, 0.5) is 0 Å². The summed E-state index contributed by atoms with van der Waals surface area (Å²) >= 11 is 0. The Labute approximate surface area is 82.0 Å². The molecule has 78 valence electrons. The molecule has 1 aliphatic carbocycles. The molecule has 0 bridgehead atoms. The van der Waals surface area contributed by atoms with E-state index in [9.17, 15) is 0 Å². The molecule has 0 aromatic carbocycles. The van der Waals surface area contributed by atoms with Gasteiger partial charge < -0.3 is 10.1 Å². The van der Waals surface area contributed by atoms with Gasteiger partial charge in [-0.2, -0.15) is 0 Å². The van der Waals surface area contributed by atoms with E-state index < -0.39 is 0 Å². The summed E-state index contributed by atoms with van der Waals surface area (Å²) in [6.45, 7) is 9.61. The lowest BCUT2D eigenvalue weighted by atomic mass is 10.2. The van der Waals surface area contributed by atoms with Crippen LogP contribution in [0.5, 0.6) is 0 Å². The first kappa shape index (κ1) is 11.0. The Bertz CT molecular complexity index is 145. The Morgan fingerprint density at radius 3 is 2.62 bits per heavy atom. The minimum Gasteiger partial charge on any atom is -0.380 e. The highest BCUT2D eigenvalue weighted by Gasteiger charge is 2.44. The molecular formula is C11H23NO. The van der Waals surface area contributed by atoms with Crippen molar-refractivity contribution in [1.29, 1.82) is 0 Å². The maximum atomic E-state index is 5.46. The molecule has 0 aromatic heterocycles. The van der Waals surface area contributed by atoms with E-state index in [2.05, 4.69) is 26.1 Å². The molecule has 0 heterocycles. The zero-order chi connectivity index (χ0) is 9.73. The predicted molar refractivity (Wildman–Crippen MR) is 55.9 cm³/mol. The van der Waals surface area contributed by atoms with E-state index in [1.165, 1.54) is 19.3 Å². The Morgan fingerprint density at radius 1 is 1.38 bits per heavy atom. The number of nitrogens with one attached hydrogen (secondary N) is 1. The summed E-state index contributed by atoms with van der Waals surface area (Å²) < 4.78 is 5.46. The molecule has 1 N–H and O–H groups in total. The Morgan fingerprint density at radius 2 is 2.08 bits per heavy atom. The van der Waals surface area contributed by atoms with Crippen molar-refractivity contribution >= 4 is 0 Å². The van der Waals surface area contributed by atoms with Crippen LogP contribution in [0.1, 0.15) is 40.0 Å². The van der Waals surface area contributed by atoms with E-state index in [1.54, 1.807) is 0 Å². The molecule has 0 saturated heterocycles. The second kappa shape index (κ2) is 4.97. The fourth-order valence-corrected chi connectivity index (χ4v) is 1.47. The second-order valence-corrected chi connectivity index (χ2v) is 4.67. The molecular weight excluding hydrogens is 162 g/mol. The third-order valence-corrected chi connectivity index (χ3v) is 2.79. The fraction of sp³-hybridized carbons (Fsp3) is 1.00. The topological polar surface area (TPSA) is 21.3 Å². The highest BCUT2D eigenvalue weighted by Crippen LogP contribution is 2.44. The van der Waals surface area contributed by atoms with Gasteiger partial charge in [0.05, 0.1) is 6.61 Å². The summed E-state index contributed by atoms with van der Waals surface area (Å²) in [7, 11) is 0. The van der Waals surface area contributed by atoms with Crippen molar-refractivity contribution in [2.75, 3.05) is 19.8 Å². The van der Waals surface area contributed by atoms with Gasteiger partial charge in [-0.25, -0.2) is 0 Å². The first-order valence-corrected chi connectivity index (χ1v) is 5.48. The van der Waals surface area contributed by atoms with Gasteiger partial charge in [0.1, 0.15) is 0 Å². The van der Waals surface area contributed by atoms with E-state index in [1.807, 2.05) is 0 Å². The summed E-state index contributed by atoms with van der Waals surface area (Å²) in [6, 6.07) is 0.738. The minimum absolute atomic E-state index is 0.545. The number of ether oxygens (including phenoxy) is 1. The molecule has 1 atom stereocenters. The van der Waals surface area contributed by atoms with Crippen molar-refractivity contribution in [2.45, 2.75) is 46.1 Å². The summed E-state index contributed by atoms with van der Waals surface area (Å²) in [5, 5.41) is 3.50. The monoisotopic (exact) mass is 185 g/mol. The van der Waals surface area contributed by atoms with Crippen molar-refractivity contribution in [2.24, 2.45) is 5.41 Å². The van der Waals surface area contributed by atoms with Gasteiger partial charge >= 0.3 is 0 Å². The van der Waals surface area contributed by atoms with E-state index in [0.717, 1.165) is 25.8 Å². The SMILES string of the molecule is CCCCOCCNC1CC1(C)C. The molecule has 0 amide bonds. The van der Waals surface area contributed by atoms with Crippen molar-refractivity contribution in [3.05, 3.63) is 0 Å². The van der Waals surface area contributed by atoms with Gasteiger partial charge in [0.25, 0.3) is 0 Å². The van der Waals surface area contributed by atoms with Gasteiger partial charge in [-0.1, -0.05) is 27.2 Å². The lowest BCUT2D eigenvalue weighted by molar-refractivity contribution is 0.132. The summed E-state index contributed by atoms with van der Waals surface area (Å²) in [4.78, 5) is 0. The van der Waals surface area contributed by atoms with Crippen molar-refractivity contribution in [3.63, 3.8) is 0 Å². The minimum atomic E-state index is 0.545. The summed E-state index contributed by atoms with van der Waals surface area (Å²) in [6.07, 6.45) is 3.74. The van der Waals surface area contributed by atoms with Crippen LogP contribution in [0.15, 0.2) is 0 Å². The third-order valence-electron chi connectivity index (χ3n) is 2.79. The van der Waals surface area contributed by atoms with Crippen LogP contribution in [-0.2, 0) is 4.74 Å². The van der Waals surface area contributed by atoms with Gasteiger partial charge in [-0.15, -0.1) is 0 Å². The predicted octanol–water partition coefficient (Wildman–Crippen LogP) is 2.19. The number of rotatable bonds is 7. The molecule has 0 spiro atoms. The van der Waals surface area contributed by atoms with Gasteiger partial charge in [0.15, 0.2) is 0 Å². The van der Waals surface area contributed by atoms with E-state index in [-0.39, 0.29) is 0 Å². The van der Waals surface area contributed by atoms with E-state index >= 15 is 0 Å². The largest absolute Gasteiger partial charge is 0.380 e. The molecule has 13 heavy (non-hydrogen) atoms. The third kappa shape index (κ3) is 4.10. The maximum absolute atomic E-state index is 5.46. The Kier molecular flexibility index (Phi) is 4.20. The van der Waals surface area contributed by atoms with Crippen LogP contribution in [0.25, 0.3) is 0 Å². The molecule has 1 unspecified atom stereocenters. The molecule has 1 fully saturated rings. The summed E-state index contributed by atoms with van der Waals surface area (Å²) in [5.74, 6) is 0. The molecule has 1 aliphatic rings. The van der Waals surface area contributed by atoms with Crippen LogP contribution >= 0.6 is 0 Å². The van der Waals surface area contributed by atoms with Crippen molar-refractivity contribution < 1.29 is 4.74 Å². The number of hydrogen-bond donors (Lipinski definition) is 1. The second-order valence-electron chi connectivity index (χ2n) is 4.67. The van der Waals surface area contributed by atoms with Gasteiger partial charge in [-0.05, 0) is 18.3 Å².